The molecule has 1 atom stereocenters. The highest BCUT2D eigenvalue weighted by atomic mass is 35.5. The van der Waals surface area contributed by atoms with Crippen LogP contribution in [0.25, 0.3) is 10.2 Å². The molecule has 4 rings (SSSR count). The quantitative estimate of drug-likeness (QED) is 0.844. The van der Waals surface area contributed by atoms with E-state index in [0.29, 0.717) is 11.9 Å². The van der Waals surface area contributed by atoms with Gasteiger partial charge in [-0.05, 0) is 45.7 Å². The van der Waals surface area contributed by atoms with Gasteiger partial charge in [0.15, 0.2) is 0 Å². The van der Waals surface area contributed by atoms with Gasteiger partial charge in [-0.3, -0.25) is 4.79 Å². The van der Waals surface area contributed by atoms with Gasteiger partial charge in [0.1, 0.15) is 17.0 Å². The van der Waals surface area contributed by atoms with E-state index in [2.05, 4.69) is 38.9 Å². The Morgan fingerprint density at radius 3 is 2.59 bits per heavy atom. The Morgan fingerprint density at radius 1 is 1.19 bits per heavy atom. The molecule has 2 aromatic rings. The predicted octanol–water partition coefficient (Wildman–Crippen LogP) is 2.77. The Labute approximate surface area is 170 Å². The number of piperidine rings is 1. The Kier molecular flexibility index (Phi) is 6.23. The molecule has 2 saturated heterocycles. The van der Waals surface area contributed by atoms with E-state index in [0.717, 1.165) is 56.1 Å². The summed E-state index contributed by atoms with van der Waals surface area (Å²) in [5.41, 5.74) is 1.29. The van der Waals surface area contributed by atoms with Crippen molar-refractivity contribution in [3.63, 3.8) is 0 Å². The van der Waals surface area contributed by atoms with Crippen LogP contribution in [0, 0.1) is 19.8 Å². The third-order valence-corrected chi connectivity index (χ3v) is 7.11. The second kappa shape index (κ2) is 8.29. The number of rotatable bonds is 3. The molecule has 0 aliphatic carbocycles. The third-order valence-electron chi connectivity index (χ3n) is 6.00. The zero-order valence-electron chi connectivity index (χ0n) is 16.2. The molecule has 0 radical (unpaired) electrons. The molecular weight excluding hydrogens is 382 g/mol. The van der Waals surface area contributed by atoms with Gasteiger partial charge in [0.25, 0.3) is 0 Å². The minimum absolute atomic E-state index is 0. The number of carbonyl (C=O) groups excluding carboxylic acids is 1. The lowest BCUT2D eigenvalue weighted by Crippen LogP contribution is -2.43. The number of carbonyl (C=O) groups is 1. The van der Waals surface area contributed by atoms with Crippen LogP contribution >= 0.6 is 23.7 Å². The number of amides is 1. The van der Waals surface area contributed by atoms with Gasteiger partial charge in [0.05, 0.1) is 5.39 Å². The molecule has 27 heavy (non-hydrogen) atoms. The molecule has 0 aromatic carbocycles. The van der Waals surface area contributed by atoms with Crippen LogP contribution in [0.15, 0.2) is 6.33 Å². The van der Waals surface area contributed by atoms with Crippen LogP contribution in [0.1, 0.15) is 29.7 Å². The van der Waals surface area contributed by atoms with E-state index in [1.54, 1.807) is 17.7 Å². The Balaban J connectivity index is 0.00000210. The molecule has 2 aliphatic rings. The van der Waals surface area contributed by atoms with Crippen LogP contribution in [0.5, 0.6) is 0 Å². The van der Waals surface area contributed by atoms with Crippen molar-refractivity contribution in [2.45, 2.75) is 39.2 Å². The van der Waals surface area contributed by atoms with Crippen molar-refractivity contribution in [1.29, 1.82) is 0 Å². The average molecular weight is 410 g/mol. The fraction of sp³-hybridized carbons (Fsp3) is 0.632. The number of thiophene rings is 1. The Hall–Kier alpha value is -1.44. The summed E-state index contributed by atoms with van der Waals surface area (Å²) in [7, 11) is 1.98. The van der Waals surface area contributed by atoms with Gasteiger partial charge in [-0.15, -0.1) is 23.7 Å². The standard InChI is InChI=1S/C19H27N5OS.ClH/c1-12-13(2)26-18-16(12)17(21-11-22-18)23-7-4-14(5-8-23)19(25)24-9-6-15(10-24)20-3;/h11,14-15,20H,4-10H2,1-3H3;1H. The molecule has 1 N–H and O–H groups in total. The first-order valence-electron chi connectivity index (χ1n) is 9.50. The van der Waals surface area contributed by atoms with Crippen molar-refractivity contribution < 1.29 is 4.79 Å². The van der Waals surface area contributed by atoms with E-state index in [1.165, 1.54) is 15.8 Å². The normalized spacial score (nSPS) is 20.9. The van der Waals surface area contributed by atoms with Crippen molar-refractivity contribution in [2.24, 2.45) is 5.92 Å². The largest absolute Gasteiger partial charge is 0.356 e. The summed E-state index contributed by atoms with van der Waals surface area (Å²) in [6, 6.07) is 0.457. The lowest BCUT2D eigenvalue weighted by atomic mass is 9.95. The predicted molar refractivity (Wildman–Crippen MR) is 113 cm³/mol. The SMILES string of the molecule is CNC1CCN(C(=O)C2CCN(c3ncnc4sc(C)c(C)c34)CC2)C1.Cl. The summed E-state index contributed by atoms with van der Waals surface area (Å²) in [4.78, 5) is 28.6. The molecular formula is C19H28ClN5OS. The molecule has 1 unspecified atom stereocenters. The first-order chi connectivity index (χ1) is 12.6. The summed E-state index contributed by atoms with van der Waals surface area (Å²) >= 11 is 1.74. The van der Waals surface area contributed by atoms with Crippen molar-refractivity contribution in [3.05, 3.63) is 16.8 Å². The molecule has 8 heteroatoms. The van der Waals surface area contributed by atoms with Gasteiger partial charge in [0, 0.05) is 43.0 Å². The number of aryl methyl sites for hydroxylation is 2. The molecule has 4 heterocycles. The van der Waals surface area contributed by atoms with Crippen molar-refractivity contribution in [2.75, 3.05) is 38.1 Å². The lowest BCUT2D eigenvalue weighted by molar-refractivity contribution is -0.135. The van der Waals surface area contributed by atoms with Crippen LogP contribution in [-0.2, 0) is 4.79 Å². The molecule has 6 nitrogen and oxygen atoms in total. The molecule has 0 spiro atoms. The van der Waals surface area contributed by atoms with Crippen LogP contribution in [0.3, 0.4) is 0 Å². The molecule has 2 fully saturated rings. The molecule has 2 aromatic heterocycles. The van der Waals surface area contributed by atoms with Gasteiger partial charge >= 0.3 is 0 Å². The summed E-state index contributed by atoms with van der Waals surface area (Å²) in [6.45, 7) is 7.83. The monoisotopic (exact) mass is 409 g/mol. The number of anilines is 1. The second-order valence-electron chi connectivity index (χ2n) is 7.48. The highest BCUT2D eigenvalue weighted by Crippen LogP contribution is 2.35. The summed E-state index contributed by atoms with van der Waals surface area (Å²) in [6.07, 6.45) is 4.56. The number of likely N-dealkylation sites (N-methyl/N-ethyl adjacent to an activating group) is 1. The van der Waals surface area contributed by atoms with Gasteiger partial charge in [0.2, 0.25) is 5.91 Å². The molecule has 2 aliphatic heterocycles. The third kappa shape index (κ3) is 3.77. The summed E-state index contributed by atoms with van der Waals surface area (Å²) in [5, 5.41) is 4.48. The van der Waals surface area contributed by atoms with E-state index in [9.17, 15) is 4.79 Å². The molecule has 0 saturated carbocycles. The van der Waals surface area contributed by atoms with Crippen LogP contribution in [-0.4, -0.2) is 60.0 Å². The highest BCUT2D eigenvalue weighted by Gasteiger charge is 2.33. The maximum Gasteiger partial charge on any atom is 0.225 e. The van der Waals surface area contributed by atoms with Crippen LogP contribution in [0.2, 0.25) is 0 Å². The van der Waals surface area contributed by atoms with Crippen LogP contribution in [0.4, 0.5) is 5.82 Å². The number of likely N-dealkylation sites (tertiary alicyclic amines) is 1. The van der Waals surface area contributed by atoms with Crippen molar-refractivity contribution in [3.8, 4) is 0 Å². The second-order valence-corrected chi connectivity index (χ2v) is 8.68. The Morgan fingerprint density at radius 2 is 1.93 bits per heavy atom. The number of hydrogen-bond acceptors (Lipinski definition) is 6. The average Bonchev–Trinajstić information content (AvgIpc) is 3.26. The minimum atomic E-state index is 0. The lowest BCUT2D eigenvalue weighted by Gasteiger charge is -2.34. The van der Waals surface area contributed by atoms with Crippen LogP contribution < -0.4 is 10.2 Å². The smallest absolute Gasteiger partial charge is 0.225 e. The van der Waals surface area contributed by atoms with E-state index in [4.69, 9.17) is 0 Å². The number of aromatic nitrogens is 2. The number of nitrogens with one attached hydrogen (secondary N) is 1. The first-order valence-corrected chi connectivity index (χ1v) is 10.3. The first kappa shape index (κ1) is 20.3. The van der Waals surface area contributed by atoms with Crippen molar-refractivity contribution in [1.82, 2.24) is 20.2 Å². The van der Waals surface area contributed by atoms with Gasteiger partial charge < -0.3 is 15.1 Å². The number of fused-ring (bicyclic) bond motifs is 1. The fourth-order valence-electron chi connectivity index (χ4n) is 4.20. The number of halogens is 1. The van der Waals surface area contributed by atoms with E-state index >= 15 is 0 Å². The summed E-state index contributed by atoms with van der Waals surface area (Å²) < 4.78 is 0. The molecule has 1 amide bonds. The number of hydrogen-bond donors (Lipinski definition) is 1. The minimum Gasteiger partial charge on any atom is -0.356 e. The fourth-order valence-corrected chi connectivity index (χ4v) is 5.19. The van der Waals surface area contributed by atoms with E-state index < -0.39 is 0 Å². The van der Waals surface area contributed by atoms with E-state index in [-0.39, 0.29) is 18.3 Å². The van der Waals surface area contributed by atoms with Gasteiger partial charge in [-0.25, -0.2) is 9.97 Å². The summed E-state index contributed by atoms with van der Waals surface area (Å²) in [5.74, 6) is 1.54. The molecule has 0 bridgehead atoms. The van der Waals surface area contributed by atoms with Gasteiger partial charge in [-0.2, -0.15) is 0 Å². The van der Waals surface area contributed by atoms with E-state index in [1.807, 2.05) is 7.05 Å². The topological polar surface area (TPSA) is 61.4 Å². The van der Waals surface area contributed by atoms with Crippen molar-refractivity contribution >= 4 is 45.7 Å². The Bertz CT molecular complexity index is 818. The highest BCUT2D eigenvalue weighted by molar-refractivity contribution is 7.18. The maximum absolute atomic E-state index is 12.8. The zero-order chi connectivity index (χ0) is 18.3. The van der Waals surface area contributed by atoms with Gasteiger partial charge in [-0.1, -0.05) is 0 Å². The maximum atomic E-state index is 12.8. The molecule has 148 valence electrons. The number of nitrogens with zero attached hydrogens (tertiary/aromatic N) is 4. The zero-order valence-corrected chi connectivity index (χ0v) is 17.8.